The normalized spacial score (nSPS) is 20.3. The Balaban J connectivity index is 1.44. The standard InChI is InChI=1S/C26H32N4O/c1-19-7-8-23-22(16-19)25(20-9-11-27-12-10-20)26(28-23)21-6-5-15-30(17-21)24(31)18-29-13-3-2-4-14-29/h7-12,16,21,28H,2-6,13-15,17-18H2,1H3. The highest BCUT2D eigenvalue weighted by molar-refractivity contribution is 5.98. The first-order chi connectivity index (χ1) is 15.2. The second kappa shape index (κ2) is 8.83. The predicted octanol–water partition coefficient (Wildman–Crippen LogP) is 4.73. The highest BCUT2D eigenvalue weighted by atomic mass is 16.2. The molecule has 1 atom stereocenters. The molecule has 5 nitrogen and oxygen atoms in total. The molecule has 0 saturated carbocycles. The van der Waals surface area contributed by atoms with Gasteiger partial charge >= 0.3 is 0 Å². The number of nitrogens with one attached hydrogen (secondary N) is 1. The van der Waals surface area contributed by atoms with Gasteiger partial charge in [-0.15, -0.1) is 0 Å². The second-order valence-electron chi connectivity index (χ2n) is 9.21. The summed E-state index contributed by atoms with van der Waals surface area (Å²) in [7, 11) is 0. The largest absolute Gasteiger partial charge is 0.358 e. The van der Waals surface area contributed by atoms with Gasteiger partial charge in [-0.05, 0) is 75.5 Å². The van der Waals surface area contributed by atoms with E-state index in [0.717, 1.165) is 39.0 Å². The number of amides is 1. The Kier molecular flexibility index (Phi) is 5.77. The highest BCUT2D eigenvalue weighted by Crippen LogP contribution is 2.39. The van der Waals surface area contributed by atoms with Gasteiger partial charge < -0.3 is 9.88 Å². The molecule has 0 spiro atoms. The van der Waals surface area contributed by atoms with E-state index in [1.165, 1.54) is 52.5 Å². The summed E-state index contributed by atoms with van der Waals surface area (Å²) in [6, 6.07) is 10.8. The molecule has 1 unspecified atom stereocenters. The van der Waals surface area contributed by atoms with Crippen LogP contribution in [-0.4, -0.2) is 58.4 Å². The lowest BCUT2D eigenvalue weighted by Gasteiger charge is -2.35. The number of pyridine rings is 1. The van der Waals surface area contributed by atoms with E-state index in [2.05, 4.69) is 57.0 Å². The monoisotopic (exact) mass is 416 g/mol. The van der Waals surface area contributed by atoms with Crippen molar-refractivity contribution in [1.82, 2.24) is 19.8 Å². The number of piperidine rings is 2. The summed E-state index contributed by atoms with van der Waals surface area (Å²) in [4.78, 5) is 25.5. The van der Waals surface area contributed by atoms with Crippen LogP contribution in [0.15, 0.2) is 42.7 Å². The number of hydrogen-bond donors (Lipinski definition) is 1. The average molecular weight is 417 g/mol. The summed E-state index contributed by atoms with van der Waals surface area (Å²) in [5.74, 6) is 0.624. The third kappa shape index (κ3) is 4.24. The number of aromatic nitrogens is 2. The molecule has 2 aliphatic heterocycles. The van der Waals surface area contributed by atoms with Gasteiger partial charge in [-0.3, -0.25) is 14.7 Å². The molecule has 2 aromatic heterocycles. The van der Waals surface area contributed by atoms with Crippen molar-refractivity contribution in [2.75, 3.05) is 32.7 Å². The van der Waals surface area contributed by atoms with Crippen LogP contribution >= 0.6 is 0 Å². The number of hydrogen-bond acceptors (Lipinski definition) is 3. The van der Waals surface area contributed by atoms with Gasteiger partial charge in [0.15, 0.2) is 0 Å². The zero-order chi connectivity index (χ0) is 21.2. The molecule has 5 heteroatoms. The van der Waals surface area contributed by atoms with E-state index in [-0.39, 0.29) is 0 Å². The molecule has 2 saturated heterocycles. The first-order valence-electron chi connectivity index (χ1n) is 11.7. The van der Waals surface area contributed by atoms with Crippen LogP contribution in [0.4, 0.5) is 0 Å². The van der Waals surface area contributed by atoms with Gasteiger partial charge in [0.1, 0.15) is 0 Å². The molecular weight excluding hydrogens is 384 g/mol. The van der Waals surface area contributed by atoms with Crippen molar-refractivity contribution >= 4 is 16.8 Å². The van der Waals surface area contributed by atoms with E-state index in [1.807, 2.05) is 12.4 Å². The number of benzene rings is 1. The van der Waals surface area contributed by atoms with Gasteiger partial charge in [-0.25, -0.2) is 0 Å². The van der Waals surface area contributed by atoms with Crippen molar-refractivity contribution in [3.8, 4) is 11.1 Å². The van der Waals surface area contributed by atoms with Crippen molar-refractivity contribution in [3.63, 3.8) is 0 Å². The molecule has 3 aromatic rings. The summed E-state index contributed by atoms with van der Waals surface area (Å²) in [6.07, 6.45) is 9.64. The zero-order valence-corrected chi connectivity index (χ0v) is 18.4. The van der Waals surface area contributed by atoms with Crippen LogP contribution in [0, 0.1) is 6.92 Å². The Morgan fingerprint density at radius 2 is 1.87 bits per heavy atom. The minimum atomic E-state index is 0.295. The van der Waals surface area contributed by atoms with Crippen molar-refractivity contribution in [2.45, 2.75) is 44.9 Å². The molecule has 0 bridgehead atoms. The Morgan fingerprint density at radius 3 is 2.68 bits per heavy atom. The Hall–Kier alpha value is -2.66. The van der Waals surface area contributed by atoms with Crippen LogP contribution in [0.25, 0.3) is 22.0 Å². The maximum atomic E-state index is 13.1. The summed E-state index contributed by atoms with van der Waals surface area (Å²) in [5, 5.41) is 1.26. The van der Waals surface area contributed by atoms with Gasteiger partial charge in [0.05, 0.1) is 6.54 Å². The van der Waals surface area contributed by atoms with E-state index in [1.54, 1.807) is 0 Å². The van der Waals surface area contributed by atoms with Crippen molar-refractivity contribution in [1.29, 1.82) is 0 Å². The third-order valence-electron chi connectivity index (χ3n) is 6.94. The molecular formula is C26H32N4O. The molecule has 162 valence electrons. The predicted molar refractivity (Wildman–Crippen MR) is 125 cm³/mol. The maximum Gasteiger partial charge on any atom is 0.236 e. The number of H-pyrrole nitrogens is 1. The molecule has 1 amide bonds. The summed E-state index contributed by atoms with van der Waals surface area (Å²) in [5.41, 5.74) is 6.16. The fraction of sp³-hybridized carbons (Fsp3) is 0.462. The lowest BCUT2D eigenvalue weighted by atomic mass is 9.89. The molecule has 4 heterocycles. The van der Waals surface area contributed by atoms with Crippen LogP contribution in [-0.2, 0) is 4.79 Å². The Bertz CT molecular complexity index is 1050. The Labute approximate surface area is 184 Å². The molecule has 1 N–H and O–H groups in total. The minimum Gasteiger partial charge on any atom is -0.358 e. The maximum absolute atomic E-state index is 13.1. The third-order valence-corrected chi connectivity index (χ3v) is 6.94. The fourth-order valence-electron chi connectivity index (χ4n) is 5.31. The average Bonchev–Trinajstić information content (AvgIpc) is 3.19. The van der Waals surface area contributed by atoms with Gasteiger partial charge in [-0.2, -0.15) is 0 Å². The van der Waals surface area contributed by atoms with Crippen molar-refractivity contribution in [2.24, 2.45) is 0 Å². The summed E-state index contributed by atoms with van der Waals surface area (Å²) >= 11 is 0. The topological polar surface area (TPSA) is 52.2 Å². The number of aromatic amines is 1. The van der Waals surface area contributed by atoms with Gasteiger partial charge in [-0.1, -0.05) is 18.1 Å². The van der Waals surface area contributed by atoms with Gasteiger partial charge in [0, 0.05) is 53.6 Å². The summed E-state index contributed by atoms with van der Waals surface area (Å²) < 4.78 is 0. The quantitative estimate of drug-likeness (QED) is 0.669. The first-order valence-corrected chi connectivity index (χ1v) is 11.7. The highest BCUT2D eigenvalue weighted by Gasteiger charge is 2.29. The fourth-order valence-corrected chi connectivity index (χ4v) is 5.31. The van der Waals surface area contributed by atoms with E-state index in [9.17, 15) is 4.79 Å². The number of aryl methyl sites for hydroxylation is 1. The number of nitrogens with zero attached hydrogens (tertiary/aromatic N) is 3. The molecule has 5 rings (SSSR count). The van der Waals surface area contributed by atoms with E-state index >= 15 is 0 Å². The SMILES string of the molecule is Cc1ccc2[nH]c(C3CCCN(C(=O)CN4CCCCC4)C3)c(-c3ccncc3)c2c1. The summed E-state index contributed by atoms with van der Waals surface area (Å²) in [6.45, 7) is 6.54. The smallest absolute Gasteiger partial charge is 0.236 e. The molecule has 0 aliphatic carbocycles. The molecule has 2 aliphatic rings. The number of rotatable bonds is 4. The van der Waals surface area contributed by atoms with Gasteiger partial charge in [0.2, 0.25) is 5.91 Å². The first kappa shape index (κ1) is 20.3. The Morgan fingerprint density at radius 1 is 1.06 bits per heavy atom. The zero-order valence-electron chi connectivity index (χ0n) is 18.4. The lowest BCUT2D eigenvalue weighted by Crippen LogP contribution is -2.45. The van der Waals surface area contributed by atoms with Gasteiger partial charge in [0.25, 0.3) is 0 Å². The molecule has 0 radical (unpaired) electrons. The molecule has 1 aromatic carbocycles. The minimum absolute atomic E-state index is 0.295. The number of fused-ring (bicyclic) bond motifs is 1. The van der Waals surface area contributed by atoms with E-state index in [0.29, 0.717) is 18.4 Å². The van der Waals surface area contributed by atoms with Crippen molar-refractivity contribution < 1.29 is 4.79 Å². The molecule has 2 fully saturated rings. The number of likely N-dealkylation sites (tertiary alicyclic amines) is 2. The second-order valence-corrected chi connectivity index (χ2v) is 9.21. The van der Waals surface area contributed by atoms with E-state index < -0.39 is 0 Å². The number of carbonyl (C=O) groups excluding carboxylic acids is 1. The van der Waals surface area contributed by atoms with Crippen LogP contribution < -0.4 is 0 Å². The van der Waals surface area contributed by atoms with Crippen LogP contribution in [0.2, 0.25) is 0 Å². The van der Waals surface area contributed by atoms with Crippen LogP contribution in [0.5, 0.6) is 0 Å². The number of carbonyl (C=O) groups is 1. The van der Waals surface area contributed by atoms with Crippen LogP contribution in [0.3, 0.4) is 0 Å². The lowest BCUT2D eigenvalue weighted by molar-refractivity contribution is -0.133. The molecule has 31 heavy (non-hydrogen) atoms. The van der Waals surface area contributed by atoms with E-state index in [4.69, 9.17) is 0 Å². The van der Waals surface area contributed by atoms with Crippen LogP contribution in [0.1, 0.15) is 49.3 Å². The van der Waals surface area contributed by atoms with Crippen molar-refractivity contribution in [3.05, 3.63) is 54.0 Å².